The quantitative estimate of drug-likeness (QED) is 0.101. The number of benzene rings is 11. The van der Waals surface area contributed by atoms with E-state index < -0.39 is 0 Å². The van der Waals surface area contributed by atoms with E-state index in [0.717, 1.165) is 95.3 Å². The first-order chi connectivity index (χ1) is 38.9. The fraction of sp³-hybridized carbons (Fsp3) is 0.0290. The van der Waals surface area contributed by atoms with Gasteiger partial charge in [-0.15, -0.1) is 0 Å². The molecule has 0 bridgehead atoms. The van der Waals surface area contributed by atoms with E-state index >= 15 is 0 Å². The lowest BCUT2D eigenvalue weighted by Gasteiger charge is -2.30. The number of anilines is 3. The summed E-state index contributed by atoms with van der Waals surface area (Å²) >= 11 is 57.2. The molecule has 11 rings (SSSR count). The van der Waals surface area contributed by atoms with Crippen molar-refractivity contribution < 1.29 is 9.47 Å². The fourth-order valence-electron chi connectivity index (χ4n) is 10.5. The van der Waals surface area contributed by atoms with Crippen molar-refractivity contribution in [3.63, 3.8) is 0 Å². The largest absolute Gasteiger partial charge is 0.497 e. The average molecular weight is 1200 g/mol. The van der Waals surface area contributed by atoms with E-state index in [1.165, 1.54) is 0 Å². The SMILES string of the molecule is COc1ccc(N(c2ccc(OC)cc2)c2ccc(-c3c(-c4ccccc4)c(-c4ccccc4)c(-c4ccccc4)c(-c4ccccc4)c3-c3cc(Cl)c([C](c4c(Cl)cc(Cl)cc4Cl)c4c(Cl)cc(Cl)cc4Cl)c(Cl)c3)cc2)cc1. The molecule has 0 saturated carbocycles. The zero-order valence-electron chi connectivity index (χ0n) is 42.7. The summed E-state index contributed by atoms with van der Waals surface area (Å²) in [6, 6.07) is 77.0. The molecule has 11 aromatic rings. The molecular weight excluding hydrogens is 1160 g/mol. The molecule has 0 atom stereocenters. The second kappa shape index (κ2) is 24.1. The first-order valence-electron chi connectivity index (χ1n) is 25.2. The summed E-state index contributed by atoms with van der Waals surface area (Å²) in [4.78, 5) is 2.20. The van der Waals surface area contributed by atoms with Gasteiger partial charge in [0.05, 0.1) is 20.1 Å². The summed E-state index contributed by atoms with van der Waals surface area (Å²) in [7, 11) is 3.33. The van der Waals surface area contributed by atoms with Gasteiger partial charge in [-0.25, -0.2) is 0 Å². The molecule has 1 radical (unpaired) electrons. The maximum absolute atomic E-state index is 7.85. The third-order valence-corrected chi connectivity index (χ3v) is 16.1. The third-order valence-electron chi connectivity index (χ3n) is 13.9. The topological polar surface area (TPSA) is 21.7 Å². The van der Waals surface area contributed by atoms with Crippen LogP contribution in [0.5, 0.6) is 11.5 Å². The number of hydrogen-bond donors (Lipinski definition) is 0. The summed E-state index contributed by atoms with van der Waals surface area (Å²) in [5, 5.41) is 2.07. The number of nitrogens with zero attached hydrogens (tertiary/aromatic N) is 1. The molecule has 0 aliphatic rings. The molecule has 0 amide bonds. The number of halogens is 8. The Morgan fingerprint density at radius 1 is 0.275 bits per heavy atom. The van der Waals surface area contributed by atoms with Gasteiger partial charge in [0.25, 0.3) is 0 Å². The smallest absolute Gasteiger partial charge is 0.119 e. The van der Waals surface area contributed by atoms with E-state index in [2.05, 4.69) is 126 Å². The molecule has 11 heteroatoms. The van der Waals surface area contributed by atoms with Crippen molar-refractivity contribution >= 4 is 110 Å². The van der Waals surface area contributed by atoms with Gasteiger partial charge in [0.1, 0.15) is 11.5 Å². The molecule has 11 aromatic carbocycles. The lowest BCUT2D eigenvalue weighted by molar-refractivity contribution is 0.415. The van der Waals surface area contributed by atoms with Gasteiger partial charge in [-0.1, -0.05) is 226 Å². The first kappa shape index (κ1) is 55.1. The highest BCUT2D eigenvalue weighted by molar-refractivity contribution is 6.43. The van der Waals surface area contributed by atoms with E-state index in [-0.39, 0.29) is 30.1 Å². The van der Waals surface area contributed by atoms with Crippen LogP contribution in [0.4, 0.5) is 17.1 Å². The van der Waals surface area contributed by atoms with Gasteiger partial charge in [0.15, 0.2) is 0 Å². The van der Waals surface area contributed by atoms with Crippen molar-refractivity contribution in [3.8, 4) is 78.3 Å². The minimum atomic E-state index is 0.224. The molecule has 3 nitrogen and oxygen atoms in total. The molecule has 0 fully saturated rings. The minimum Gasteiger partial charge on any atom is -0.497 e. The van der Waals surface area contributed by atoms with E-state index in [4.69, 9.17) is 102 Å². The van der Waals surface area contributed by atoms with E-state index in [1.807, 2.05) is 84.9 Å². The molecule has 0 unspecified atom stereocenters. The van der Waals surface area contributed by atoms with Crippen LogP contribution in [0.2, 0.25) is 40.2 Å². The van der Waals surface area contributed by atoms with Crippen LogP contribution in [-0.4, -0.2) is 14.2 Å². The number of methoxy groups -OCH3 is 2. The molecule has 393 valence electrons. The Bertz CT molecular complexity index is 3860. The lowest BCUT2D eigenvalue weighted by atomic mass is 9.74. The highest BCUT2D eigenvalue weighted by Crippen LogP contribution is 2.58. The van der Waals surface area contributed by atoms with Gasteiger partial charge >= 0.3 is 0 Å². The van der Waals surface area contributed by atoms with Crippen LogP contribution in [0.15, 0.2) is 231 Å². The highest BCUT2D eigenvalue weighted by Gasteiger charge is 2.34. The molecule has 0 aliphatic heterocycles. The van der Waals surface area contributed by atoms with Crippen molar-refractivity contribution in [2.45, 2.75) is 0 Å². The number of ether oxygens (including phenoxy) is 2. The van der Waals surface area contributed by atoms with Crippen molar-refractivity contribution in [2.24, 2.45) is 0 Å². The summed E-state index contributed by atoms with van der Waals surface area (Å²) in [5.41, 5.74) is 15.3. The van der Waals surface area contributed by atoms with Gasteiger partial charge in [0.2, 0.25) is 0 Å². The van der Waals surface area contributed by atoms with Crippen LogP contribution >= 0.6 is 92.8 Å². The fourth-order valence-corrected chi connectivity index (χ4v) is 13.2. The molecule has 0 aromatic heterocycles. The minimum absolute atomic E-state index is 0.224. The Balaban J connectivity index is 1.28. The normalized spacial score (nSPS) is 11.2. The van der Waals surface area contributed by atoms with Gasteiger partial charge in [-0.3, -0.25) is 0 Å². The van der Waals surface area contributed by atoms with Crippen LogP contribution in [0.3, 0.4) is 0 Å². The van der Waals surface area contributed by atoms with E-state index in [0.29, 0.717) is 32.7 Å². The zero-order valence-corrected chi connectivity index (χ0v) is 48.8. The summed E-state index contributed by atoms with van der Waals surface area (Å²) in [6.45, 7) is 0. The predicted molar refractivity (Wildman–Crippen MR) is 340 cm³/mol. The zero-order chi connectivity index (χ0) is 55.6. The Kier molecular flexibility index (Phi) is 16.6. The van der Waals surface area contributed by atoms with Gasteiger partial charge < -0.3 is 14.4 Å². The molecule has 0 aliphatic carbocycles. The predicted octanol–water partition coefficient (Wildman–Crippen LogP) is 23.4. The van der Waals surface area contributed by atoms with Crippen LogP contribution in [0, 0.1) is 5.92 Å². The second-order valence-electron chi connectivity index (χ2n) is 18.7. The summed E-state index contributed by atoms with van der Waals surface area (Å²) < 4.78 is 11.2. The standard InChI is InChI=1S/C69H44Cl8NO2/c1-79-52-31-27-50(28-32-52)78(51-29-33-53(80-2)34-30-51)49-25-23-45(24-26-49)64-62(43-19-11-5-12-20-43)60(41-15-7-3-8-16-41)61(42-17-9-4-10-18-42)63(44-21-13-6-14-22-44)65(64)46-35-54(72)66(55(73)36-46)69(67-56(74)37-47(70)38-57(67)75)68-58(76)39-48(71)40-59(68)77/h3-40H,1-2H3. The molecule has 0 N–H and O–H groups in total. The monoisotopic (exact) mass is 1200 g/mol. The molecule has 0 heterocycles. The van der Waals surface area contributed by atoms with E-state index in [1.54, 1.807) is 38.5 Å². The number of hydrogen-bond acceptors (Lipinski definition) is 3. The lowest BCUT2D eigenvalue weighted by Crippen LogP contribution is -2.10. The Morgan fingerprint density at radius 3 is 0.787 bits per heavy atom. The van der Waals surface area contributed by atoms with Crippen LogP contribution in [0.25, 0.3) is 66.8 Å². The Labute approximate surface area is 506 Å². The van der Waals surface area contributed by atoms with Crippen LogP contribution in [-0.2, 0) is 0 Å². The second-order valence-corrected chi connectivity index (χ2v) is 22.0. The number of rotatable bonds is 14. The van der Waals surface area contributed by atoms with Crippen LogP contribution in [0.1, 0.15) is 16.7 Å². The molecule has 80 heavy (non-hydrogen) atoms. The molecule has 0 saturated heterocycles. The van der Waals surface area contributed by atoms with Gasteiger partial charge in [0, 0.05) is 73.9 Å². The maximum Gasteiger partial charge on any atom is 0.119 e. The maximum atomic E-state index is 7.85. The average Bonchev–Trinajstić information content (AvgIpc) is 3.66. The molecular formula is C69H44Cl8NO2. The van der Waals surface area contributed by atoms with E-state index in [9.17, 15) is 0 Å². The highest BCUT2D eigenvalue weighted by atomic mass is 35.5. The summed E-state index contributed by atoms with van der Waals surface area (Å²) in [6.07, 6.45) is 0. The van der Waals surface area contributed by atoms with Crippen LogP contribution < -0.4 is 14.4 Å². The van der Waals surface area contributed by atoms with Gasteiger partial charge in [-0.2, -0.15) is 0 Å². The first-order valence-corrected chi connectivity index (χ1v) is 28.3. The molecule has 0 spiro atoms. The van der Waals surface area contributed by atoms with Gasteiger partial charge in [-0.05, 0) is 164 Å². The van der Waals surface area contributed by atoms with Crippen molar-refractivity contribution in [3.05, 3.63) is 293 Å². The summed E-state index contributed by atoms with van der Waals surface area (Å²) in [5.74, 6) is 1.89. The van der Waals surface area contributed by atoms with Crippen molar-refractivity contribution in [2.75, 3.05) is 19.1 Å². The third kappa shape index (κ3) is 10.9. The van der Waals surface area contributed by atoms with Crippen molar-refractivity contribution in [1.29, 1.82) is 0 Å². The van der Waals surface area contributed by atoms with Crippen molar-refractivity contribution in [1.82, 2.24) is 0 Å². The Morgan fingerprint density at radius 2 is 0.512 bits per heavy atom. The Hall–Kier alpha value is -6.86.